The molecule has 0 heterocycles. The molecule has 0 unspecified atom stereocenters. The number of benzene rings is 2. The molecule has 2 aliphatic rings. The smallest absolute Gasteiger partial charge is 0.262 e. The van der Waals surface area contributed by atoms with Gasteiger partial charge in [0.25, 0.3) is 10.0 Å². The fourth-order valence-electron chi connectivity index (χ4n) is 3.49. The van der Waals surface area contributed by atoms with Crippen molar-refractivity contribution in [3.05, 3.63) is 59.2 Å². The second kappa shape index (κ2) is 6.37. The SMILES string of the molecule is Cc1ccc(S(=O)(=O)Nc2ccc(C3(C(=O)NC4CC4)CC3)cc2)c(C)c1. The van der Waals surface area contributed by atoms with Gasteiger partial charge in [0.1, 0.15) is 0 Å². The maximum absolute atomic E-state index is 12.7. The van der Waals surface area contributed by atoms with E-state index in [0.717, 1.165) is 36.8 Å². The highest BCUT2D eigenvalue weighted by molar-refractivity contribution is 7.92. The van der Waals surface area contributed by atoms with Crippen molar-refractivity contribution in [1.82, 2.24) is 5.32 Å². The molecule has 2 aromatic rings. The molecule has 2 N–H and O–H groups in total. The molecule has 4 rings (SSSR count). The van der Waals surface area contributed by atoms with Gasteiger partial charge in [0, 0.05) is 11.7 Å². The highest BCUT2D eigenvalue weighted by Gasteiger charge is 2.52. The zero-order valence-corrected chi connectivity index (χ0v) is 16.4. The summed E-state index contributed by atoms with van der Waals surface area (Å²) in [4.78, 5) is 12.8. The zero-order chi connectivity index (χ0) is 19.2. The van der Waals surface area contributed by atoms with E-state index in [1.54, 1.807) is 31.2 Å². The zero-order valence-electron chi connectivity index (χ0n) is 15.6. The molecule has 0 aliphatic heterocycles. The average Bonchev–Trinajstić information content (AvgIpc) is 3.50. The second-order valence-corrected chi connectivity index (χ2v) is 9.43. The van der Waals surface area contributed by atoms with Gasteiger partial charge in [0.2, 0.25) is 5.91 Å². The predicted octanol–water partition coefficient (Wildman–Crippen LogP) is 3.41. The fraction of sp³-hybridized carbons (Fsp3) is 0.381. The second-order valence-electron chi connectivity index (χ2n) is 7.78. The van der Waals surface area contributed by atoms with Gasteiger partial charge in [-0.05, 0) is 68.9 Å². The fourth-order valence-corrected chi connectivity index (χ4v) is 4.78. The van der Waals surface area contributed by atoms with Crippen molar-refractivity contribution in [2.24, 2.45) is 0 Å². The molecule has 2 aromatic carbocycles. The maximum atomic E-state index is 12.7. The third kappa shape index (κ3) is 3.58. The maximum Gasteiger partial charge on any atom is 0.262 e. The lowest BCUT2D eigenvalue weighted by atomic mass is 9.95. The number of rotatable bonds is 6. The van der Waals surface area contributed by atoms with Crippen LogP contribution >= 0.6 is 0 Å². The van der Waals surface area contributed by atoms with Crippen LogP contribution in [0.25, 0.3) is 0 Å². The van der Waals surface area contributed by atoms with Gasteiger partial charge >= 0.3 is 0 Å². The third-order valence-electron chi connectivity index (χ3n) is 5.41. The molecule has 5 nitrogen and oxygen atoms in total. The molecular weight excluding hydrogens is 360 g/mol. The Balaban J connectivity index is 1.51. The summed E-state index contributed by atoms with van der Waals surface area (Å²) in [7, 11) is -3.65. The van der Waals surface area contributed by atoms with Crippen molar-refractivity contribution in [1.29, 1.82) is 0 Å². The van der Waals surface area contributed by atoms with Crippen molar-refractivity contribution in [3.63, 3.8) is 0 Å². The minimum absolute atomic E-state index is 0.105. The van der Waals surface area contributed by atoms with Gasteiger partial charge in [0.15, 0.2) is 0 Å². The molecule has 1 amide bonds. The van der Waals surface area contributed by atoms with E-state index in [2.05, 4.69) is 10.0 Å². The highest BCUT2D eigenvalue weighted by Crippen LogP contribution is 2.49. The van der Waals surface area contributed by atoms with E-state index >= 15 is 0 Å². The molecule has 27 heavy (non-hydrogen) atoms. The number of aryl methyl sites for hydroxylation is 2. The van der Waals surface area contributed by atoms with Gasteiger partial charge in [-0.1, -0.05) is 29.8 Å². The van der Waals surface area contributed by atoms with E-state index in [-0.39, 0.29) is 10.8 Å². The Morgan fingerprint density at radius 2 is 1.70 bits per heavy atom. The van der Waals surface area contributed by atoms with Crippen LogP contribution in [0.15, 0.2) is 47.4 Å². The van der Waals surface area contributed by atoms with E-state index in [1.165, 1.54) is 0 Å². The summed E-state index contributed by atoms with van der Waals surface area (Å²) < 4.78 is 28.0. The van der Waals surface area contributed by atoms with Crippen LogP contribution < -0.4 is 10.0 Å². The first-order valence-corrected chi connectivity index (χ1v) is 10.8. The predicted molar refractivity (Wildman–Crippen MR) is 105 cm³/mol. The first-order chi connectivity index (χ1) is 12.8. The number of hydrogen-bond donors (Lipinski definition) is 2. The lowest BCUT2D eigenvalue weighted by molar-refractivity contribution is -0.123. The van der Waals surface area contributed by atoms with Crippen LogP contribution in [0.4, 0.5) is 5.69 Å². The Morgan fingerprint density at radius 1 is 1.04 bits per heavy atom. The number of carbonyl (C=O) groups is 1. The lowest BCUT2D eigenvalue weighted by Crippen LogP contribution is -2.36. The number of hydrogen-bond acceptors (Lipinski definition) is 3. The number of anilines is 1. The largest absolute Gasteiger partial charge is 0.353 e. The van der Waals surface area contributed by atoms with Crippen LogP contribution in [0.5, 0.6) is 0 Å². The van der Waals surface area contributed by atoms with E-state index < -0.39 is 15.4 Å². The minimum Gasteiger partial charge on any atom is -0.353 e. The van der Waals surface area contributed by atoms with Crippen LogP contribution in [0.3, 0.4) is 0 Å². The Kier molecular flexibility index (Phi) is 4.26. The Hall–Kier alpha value is -2.34. The molecule has 0 bridgehead atoms. The average molecular weight is 385 g/mol. The topological polar surface area (TPSA) is 75.3 Å². The number of amides is 1. The summed E-state index contributed by atoms with van der Waals surface area (Å²) in [5.74, 6) is 0.105. The van der Waals surface area contributed by atoms with Crippen molar-refractivity contribution < 1.29 is 13.2 Å². The summed E-state index contributed by atoms with van der Waals surface area (Å²) in [5, 5.41) is 3.09. The van der Waals surface area contributed by atoms with Gasteiger partial charge in [-0.25, -0.2) is 8.42 Å². The quantitative estimate of drug-likeness (QED) is 0.801. The van der Waals surface area contributed by atoms with Crippen molar-refractivity contribution in [2.75, 3.05) is 4.72 Å². The molecule has 142 valence electrons. The van der Waals surface area contributed by atoms with Crippen LogP contribution in [0, 0.1) is 13.8 Å². The summed E-state index contributed by atoms with van der Waals surface area (Å²) in [6.07, 6.45) is 3.83. The molecule has 2 aliphatic carbocycles. The van der Waals surface area contributed by atoms with Crippen LogP contribution in [0.2, 0.25) is 0 Å². The minimum atomic E-state index is -3.65. The van der Waals surface area contributed by atoms with Crippen molar-refractivity contribution >= 4 is 21.6 Å². The van der Waals surface area contributed by atoms with Gasteiger partial charge in [0.05, 0.1) is 10.3 Å². The van der Waals surface area contributed by atoms with Crippen LogP contribution in [-0.4, -0.2) is 20.4 Å². The standard InChI is InChI=1S/C21H24N2O3S/c1-14-3-10-19(15(2)13-14)27(25,26)23-18-6-4-16(5-7-18)21(11-12-21)20(24)22-17-8-9-17/h3-7,10,13,17,23H,8-9,11-12H2,1-2H3,(H,22,24). The van der Waals surface area contributed by atoms with Gasteiger partial charge < -0.3 is 5.32 Å². The van der Waals surface area contributed by atoms with Gasteiger partial charge in [-0.2, -0.15) is 0 Å². The Labute approximate surface area is 160 Å². The Morgan fingerprint density at radius 3 is 2.26 bits per heavy atom. The molecule has 0 radical (unpaired) electrons. The van der Waals surface area contributed by atoms with Gasteiger partial charge in [-0.15, -0.1) is 0 Å². The van der Waals surface area contributed by atoms with Crippen molar-refractivity contribution in [2.45, 2.75) is 55.9 Å². The molecular formula is C21H24N2O3S. The first kappa shape index (κ1) is 18.0. The van der Waals surface area contributed by atoms with Gasteiger partial charge in [-0.3, -0.25) is 9.52 Å². The van der Waals surface area contributed by atoms with E-state index in [0.29, 0.717) is 17.3 Å². The van der Waals surface area contributed by atoms with Crippen LogP contribution in [0.1, 0.15) is 42.4 Å². The normalized spacial score (nSPS) is 18.0. The van der Waals surface area contributed by atoms with Crippen molar-refractivity contribution in [3.8, 4) is 0 Å². The molecule has 0 atom stereocenters. The summed E-state index contributed by atoms with van der Waals surface area (Å²) in [6, 6.07) is 12.8. The third-order valence-corrected chi connectivity index (χ3v) is 6.95. The molecule has 2 fully saturated rings. The summed E-state index contributed by atoms with van der Waals surface area (Å²) >= 11 is 0. The molecule has 6 heteroatoms. The molecule has 0 spiro atoms. The first-order valence-electron chi connectivity index (χ1n) is 9.32. The Bertz CT molecular complexity index is 989. The number of carbonyl (C=O) groups excluding carboxylic acids is 1. The molecule has 0 aromatic heterocycles. The number of sulfonamides is 1. The highest BCUT2D eigenvalue weighted by atomic mass is 32.2. The summed E-state index contributed by atoms with van der Waals surface area (Å²) in [5.41, 5.74) is 2.77. The van der Waals surface area contributed by atoms with E-state index in [4.69, 9.17) is 0 Å². The molecule has 2 saturated carbocycles. The van der Waals surface area contributed by atoms with Crippen LogP contribution in [-0.2, 0) is 20.2 Å². The molecule has 0 saturated heterocycles. The van der Waals surface area contributed by atoms with E-state index in [9.17, 15) is 13.2 Å². The van der Waals surface area contributed by atoms with E-state index in [1.807, 2.05) is 25.1 Å². The summed E-state index contributed by atoms with van der Waals surface area (Å²) in [6.45, 7) is 3.72. The monoisotopic (exact) mass is 384 g/mol. The lowest BCUT2D eigenvalue weighted by Gasteiger charge is -2.16. The number of nitrogens with one attached hydrogen (secondary N) is 2.